The van der Waals surface area contributed by atoms with Crippen LogP contribution in [0.3, 0.4) is 0 Å². The maximum absolute atomic E-state index is 12.1. The summed E-state index contributed by atoms with van der Waals surface area (Å²) in [5.41, 5.74) is 1.58. The van der Waals surface area contributed by atoms with Crippen LogP contribution in [0.1, 0.15) is 29.3 Å². The fraction of sp³-hybridized carbons (Fsp3) is 0.385. The third-order valence-electron chi connectivity index (χ3n) is 2.89. The Bertz CT molecular complexity index is 602. The van der Waals surface area contributed by atoms with Gasteiger partial charge in [-0.05, 0) is 19.1 Å². The summed E-state index contributed by atoms with van der Waals surface area (Å²) in [4.78, 5) is 12.1. The molecule has 0 unspecified atom stereocenters. The lowest BCUT2D eigenvalue weighted by molar-refractivity contribution is -0.0482. The summed E-state index contributed by atoms with van der Waals surface area (Å²) < 4.78 is 17.6. The molecule has 100 valence electrons. The number of aromatic nitrogens is 2. The number of ether oxygens (including phenoxy) is 3. The molecule has 2 aromatic heterocycles. The Labute approximate surface area is 109 Å². The van der Waals surface area contributed by atoms with E-state index in [1.807, 2.05) is 18.2 Å². The van der Waals surface area contributed by atoms with Crippen LogP contribution in [0.4, 0.5) is 0 Å². The van der Waals surface area contributed by atoms with E-state index < -0.39 is 12.3 Å². The molecule has 0 saturated carbocycles. The lowest BCUT2D eigenvalue weighted by Gasteiger charge is -2.07. The summed E-state index contributed by atoms with van der Waals surface area (Å²) in [6, 6.07) is 5.51. The summed E-state index contributed by atoms with van der Waals surface area (Å²) in [6.07, 6.45) is 1.18. The van der Waals surface area contributed by atoms with Crippen LogP contribution in [0.2, 0.25) is 0 Å². The van der Waals surface area contributed by atoms with E-state index in [4.69, 9.17) is 14.2 Å². The largest absolute Gasteiger partial charge is 0.462 e. The second-order valence-corrected chi connectivity index (χ2v) is 4.08. The molecule has 19 heavy (non-hydrogen) atoms. The molecule has 0 atom stereocenters. The van der Waals surface area contributed by atoms with Crippen LogP contribution in [-0.4, -0.2) is 35.4 Å². The summed E-state index contributed by atoms with van der Waals surface area (Å²) in [5.74, 6) is -0.405. The van der Waals surface area contributed by atoms with Crippen molar-refractivity contribution >= 4 is 11.5 Å². The first kappa shape index (κ1) is 12.1. The summed E-state index contributed by atoms with van der Waals surface area (Å²) in [5, 5.41) is 4.36. The number of hydrogen-bond donors (Lipinski definition) is 0. The summed E-state index contributed by atoms with van der Waals surface area (Å²) in [6.45, 7) is 3.09. The van der Waals surface area contributed by atoms with Gasteiger partial charge in [-0.15, -0.1) is 0 Å². The fourth-order valence-corrected chi connectivity index (χ4v) is 2.11. The van der Waals surface area contributed by atoms with Crippen LogP contribution < -0.4 is 0 Å². The van der Waals surface area contributed by atoms with E-state index in [1.54, 1.807) is 17.6 Å². The number of pyridine rings is 1. The number of carbonyl (C=O) groups is 1. The Morgan fingerprint density at radius 2 is 2.26 bits per heavy atom. The second kappa shape index (κ2) is 4.99. The topological polar surface area (TPSA) is 62.1 Å². The minimum atomic E-state index is -0.598. The first-order valence-corrected chi connectivity index (χ1v) is 6.19. The number of rotatable bonds is 3. The van der Waals surface area contributed by atoms with Crippen LogP contribution in [-0.2, 0) is 14.2 Å². The first-order chi connectivity index (χ1) is 9.31. The number of nitrogens with zero attached hydrogens (tertiary/aromatic N) is 2. The Morgan fingerprint density at radius 3 is 3.00 bits per heavy atom. The van der Waals surface area contributed by atoms with Gasteiger partial charge in [0.05, 0.1) is 25.3 Å². The second-order valence-electron chi connectivity index (χ2n) is 4.08. The van der Waals surface area contributed by atoms with E-state index in [0.717, 1.165) is 0 Å². The van der Waals surface area contributed by atoms with Crippen LogP contribution >= 0.6 is 0 Å². The Balaban J connectivity index is 2.13. The maximum Gasteiger partial charge on any atom is 0.342 e. The van der Waals surface area contributed by atoms with Crippen molar-refractivity contribution in [1.82, 2.24) is 9.61 Å². The molecule has 2 aromatic rings. The van der Waals surface area contributed by atoms with Gasteiger partial charge in [0.1, 0.15) is 11.3 Å². The highest BCUT2D eigenvalue weighted by atomic mass is 16.7. The SMILES string of the molecule is CCOC(=O)c1c(C2OCCO2)nn2ccccc12. The average Bonchev–Trinajstić information content (AvgIpc) is 3.06. The van der Waals surface area contributed by atoms with Gasteiger partial charge in [0.2, 0.25) is 6.29 Å². The van der Waals surface area contributed by atoms with Gasteiger partial charge in [0.15, 0.2) is 0 Å². The molecular formula is C13H14N2O4. The van der Waals surface area contributed by atoms with Crippen molar-refractivity contribution in [2.75, 3.05) is 19.8 Å². The van der Waals surface area contributed by atoms with E-state index in [-0.39, 0.29) is 0 Å². The van der Waals surface area contributed by atoms with Gasteiger partial charge in [0.25, 0.3) is 0 Å². The Hall–Kier alpha value is -1.92. The monoisotopic (exact) mass is 262 g/mol. The number of fused-ring (bicyclic) bond motifs is 1. The standard InChI is InChI=1S/C13H14N2O4/c1-2-17-12(16)10-9-5-3-4-6-15(9)14-11(10)13-18-7-8-19-13/h3-6,13H,2,7-8H2,1H3. The van der Waals surface area contributed by atoms with Gasteiger partial charge in [-0.25, -0.2) is 9.31 Å². The molecular weight excluding hydrogens is 248 g/mol. The fourth-order valence-electron chi connectivity index (χ4n) is 2.11. The zero-order valence-corrected chi connectivity index (χ0v) is 10.5. The summed E-state index contributed by atoms with van der Waals surface area (Å²) >= 11 is 0. The normalized spacial score (nSPS) is 16.1. The number of carbonyl (C=O) groups excluding carboxylic acids is 1. The van der Waals surface area contributed by atoms with Gasteiger partial charge in [-0.1, -0.05) is 6.07 Å². The van der Waals surface area contributed by atoms with Gasteiger partial charge >= 0.3 is 5.97 Å². The predicted molar refractivity (Wildman–Crippen MR) is 65.8 cm³/mol. The third-order valence-corrected chi connectivity index (χ3v) is 2.89. The molecule has 1 aliphatic heterocycles. The highest BCUT2D eigenvalue weighted by Crippen LogP contribution is 2.28. The van der Waals surface area contributed by atoms with Crippen molar-refractivity contribution in [3.8, 4) is 0 Å². The zero-order valence-electron chi connectivity index (χ0n) is 10.5. The summed E-state index contributed by atoms with van der Waals surface area (Å²) in [7, 11) is 0. The molecule has 0 aliphatic carbocycles. The molecule has 0 N–H and O–H groups in total. The molecule has 0 amide bonds. The Kier molecular flexibility index (Phi) is 3.18. The quantitative estimate of drug-likeness (QED) is 0.785. The van der Waals surface area contributed by atoms with E-state index in [2.05, 4.69) is 5.10 Å². The lowest BCUT2D eigenvalue weighted by Crippen LogP contribution is -2.10. The molecule has 0 spiro atoms. The van der Waals surface area contributed by atoms with Gasteiger partial charge in [-0.2, -0.15) is 5.10 Å². The number of hydrogen-bond acceptors (Lipinski definition) is 5. The molecule has 3 rings (SSSR count). The van der Waals surface area contributed by atoms with Crippen molar-refractivity contribution in [2.24, 2.45) is 0 Å². The minimum Gasteiger partial charge on any atom is -0.462 e. The van der Waals surface area contributed by atoms with Crippen molar-refractivity contribution in [3.63, 3.8) is 0 Å². The molecule has 6 nitrogen and oxygen atoms in total. The van der Waals surface area contributed by atoms with Crippen molar-refractivity contribution in [1.29, 1.82) is 0 Å². The maximum atomic E-state index is 12.1. The Morgan fingerprint density at radius 1 is 1.47 bits per heavy atom. The van der Waals surface area contributed by atoms with Crippen LogP contribution in [0.5, 0.6) is 0 Å². The van der Waals surface area contributed by atoms with Gasteiger partial charge in [0, 0.05) is 6.20 Å². The number of esters is 1. The van der Waals surface area contributed by atoms with Crippen molar-refractivity contribution < 1.29 is 19.0 Å². The van der Waals surface area contributed by atoms with E-state index in [1.165, 1.54) is 0 Å². The zero-order chi connectivity index (χ0) is 13.2. The molecule has 0 bridgehead atoms. The van der Waals surface area contributed by atoms with Crippen LogP contribution in [0.25, 0.3) is 5.52 Å². The molecule has 1 saturated heterocycles. The molecule has 0 aromatic carbocycles. The smallest absolute Gasteiger partial charge is 0.342 e. The van der Waals surface area contributed by atoms with Crippen molar-refractivity contribution in [2.45, 2.75) is 13.2 Å². The van der Waals surface area contributed by atoms with Crippen LogP contribution in [0.15, 0.2) is 24.4 Å². The highest BCUT2D eigenvalue weighted by molar-refractivity contribution is 5.98. The molecule has 3 heterocycles. The predicted octanol–water partition coefficient (Wildman–Crippen LogP) is 1.56. The van der Waals surface area contributed by atoms with E-state index in [0.29, 0.717) is 36.6 Å². The molecule has 1 aliphatic rings. The van der Waals surface area contributed by atoms with Crippen molar-refractivity contribution in [3.05, 3.63) is 35.7 Å². The minimum absolute atomic E-state index is 0.314. The molecule has 0 radical (unpaired) electrons. The first-order valence-electron chi connectivity index (χ1n) is 6.19. The van der Waals surface area contributed by atoms with Gasteiger partial charge in [-0.3, -0.25) is 0 Å². The van der Waals surface area contributed by atoms with Gasteiger partial charge < -0.3 is 14.2 Å². The van der Waals surface area contributed by atoms with Crippen LogP contribution in [0, 0.1) is 0 Å². The lowest BCUT2D eigenvalue weighted by atomic mass is 10.2. The molecule has 1 fully saturated rings. The molecule has 6 heteroatoms. The third kappa shape index (κ3) is 2.09. The highest BCUT2D eigenvalue weighted by Gasteiger charge is 2.30. The van der Waals surface area contributed by atoms with E-state index >= 15 is 0 Å². The average molecular weight is 262 g/mol. The van der Waals surface area contributed by atoms with E-state index in [9.17, 15) is 4.79 Å².